The van der Waals surface area contributed by atoms with Gasteiger partial charge >= 0.3 is 6.09 Å². The van der Waals surface area contributed by atoms with Crippen LogP contribution in [0.3, 0.4) is 0 Å². The van der Waals surface area contributed by atoms with Crippen molar-refractivity contribution in [3.8, 4) is 0 Å². The van der Waals surface area contributed by atoms with Crippen LogP contribution in [0.25, 0.3) is 0 Å². The standard InChI is InChI=1S/C23H29N5O2S2/c1-17(31)24-14-20-16-28(23(29)30-20)19-5-8-22(25-13-19)27-11-9-26(10-12-27)15-18-3-6-21(32-2)7-4-18/h3-8,13,20H,9-12,14-16H2,1-2H3,(H,24,31)/t20-/m0/s1. The molecule has 1 aromatic heterocycles. The molecule has 0 bridgehead atoms. The predicted molar refractivity (Wildman–Crippen MR) is 134 cm³/mol. The molecule has 0 unspecified atom stereocenters. The van der Waals surface area contributed by atoms with Crippen LogP contribution < -0.4 is 15.1 Å². The number of nitrogens with one attached hydrogen (secondary N) is 1. The summed E-state index contributed by atoms with van der Waals surface area (Å²) in [7, 11) is 0. The molecular formula is C23H29N5O2S2. The minimum absolute atomic E-state index is 0.218. The van der Waals surface area contributed by atoms with E-state index in [1.807, 2.05) is 19.1 Å². The van der Waals surface area contributed by atoms with Gasteiger partial charge in [-0.2, -0.15) is 0 Å². The molecule has 1 atom stereocenters. The zero-order valence-electron chi connectivity index (χ0n) is 18.5. The molecule has 170 valence electrons. The van der Waals surface area contributed by atoms with Crippen LogP contribution in [0.4, 0.5) is 16.3 Å². The van der Waals surface area contributed by atoms with E-state index in [0.717, 1.165) is 44.2 Å². The number of ether oxygens (including phenoxy) is 1. The molecule has 2 aliphatic rings. The fraction of sp³-hybridized carbons (Fsp3) is 0.435. The predicted octanol–water partition coefficient (Wildman–Crippen LogP) is 3.39. The second kappa shape index (κ2) is 10.5. The summed E-state index contributed by atoms with van der Waals surface area (Å²) in [6.07, 6.45) is 3.30. The zero-order chi connectivity index (χ0) is 22.5. The third-order valence-corrected chi connectivity index (χ3v) is 6.65. The summed E-state index contributed by atoms with van der Waals surface area (Å²) in [5.41, 5.74) is 2.11. The first kappa shape index (κ1) is 22.8. The van der Waals surface area contributed by atoms with E-state index < -0.39 is 0 Å². The number of hydrogen-bond acceptors (Lipinski definition) is 7. The first-order chi connectivity index (χ1) is 15.5. The maximum Gasteiger partial charge on any atom is 0.414 e. The minimum Gasteiger partial charge on any atom is -0.442 e. The lowest BCUT2D eigenvalue weighted by Crippen LogP contribution is -2.46. The van der Waals surface area contributed by atoms with E-state index >= 15 is 0 Å². The molecule has 3 heterocycles. The quantitative estimate of drug-likeness (QED) is 0.487. The summed E-state index contributed by atoms with van der Waals surface area (Å²) in [4.78, 5) is 25.3. The Morgan fingerprint density at radius 2 is 1.94 bits per heavy atom. The van der Waals surface area contributed by atoms with Crippen LogP contribution in [0.1, 0.15) is 12.5 Å². The molecule has 2 fully saturated rings. The molecule has 0 radical (unpaired) electrons. The smallest absolute Gasteiger partial charge is 0.414 e. The van der Waals surface area contributed by atoms with Crippen LogP contribution in [-0.2, 0) is 11.3 Å². The van der Waals surface area contributed by atoms with Gasteiger partial charge < -0.3 is 15.0 Å². The molecule has 1 amide bonds. The summed E-state index contributed by atoms with van der Waals surface area (Å²) >= 11 is 6.79. The molecule has 1 N–H and O–H groups in total. The van der Waals surface area contributed by atoms with Gasteiger partial charge in [0.05, 0.1) is 30.0 Å². The van der Waals surface area contributed by atoms with Gasteiger partial charge in [-0.1, -0.05) is 24.4 Å². The molecule has 0 aliphatic carbocycles. The van der Waals surface area contributed by atoms with Crippen LogP contribution in [0, 0.1) is 0 Å². The van der Waals surface area contributed by atoms with Crippen LogP contribution in [-0.4, -0.2) is 72.6 Å². The number of anilines is 2. The Labute approximate surface area is 199 Å². The van der Waals surface area contributed by atoms with Crippen molar-refractivity contribution in [1.82, 2.24) is 15.2 Å². The van der Waals surface area contributed by atoms with Crippen molar-refractivity contribution in [2.75, 3.05) is 55.3 Å². The van der Waals surface area contributed by atoms with Crippen molar-refractivity contribution in [2.24, 2.45) is 0 Å². The average Bonchev–Trinajstić information content (AvgIpc) is 3.19. The minimum atomic E-state index is -0.340. The van der Waals surface area contributed by atoms with E-state index in [0.29, 0.717) is 18.1 Å². The number of rotatable bonds is 7. The highest BCUT2D eigenvalue weighted by molar-refractivity contribution is 7.98. The van der Waals surface area contributed by atoms with Gasteiger partial charge in [0.25, 0.3) is 0 Å². The van der Waals surface area contributed by atoms with E-state index in [1.54, 1.807) is 22.9 Å². The first-order valence-electron chi connectivity index (χ1n) is 10.8. The Morgan fingerprint density at radius 3 is 2.56 bits per heavy atom. The third kappa shape index (κ3) is 5.70. The van der Waals surface area contributed by atoms with Crippen molar-refractivity contribution in [3.63, 3.8) is 0 Å². The van der Waals surface area contributed by atoms with Crippen LogP contribution in [0.5, 0.6) is 0 Å². The van der Waals surface area contributed by atoms with Gasteiger partial charge in [0.2, 0.25) is 0 Å². The van der Waals surface area contributed by atoms with Gasteiger partial charge in [-0.3, -0.25) is 9.80 Å². The Hall–Kier alpha value is -2.36. The highest BCUT2D eigenvalue weighted by Gasteiger charge is 2.32. The second-order valence-electron chi connectivity index (χ2n) is 8.04. The Kier molecular flexibility index (Phi) is 7.49. The largest absolute Gasteiger partial charge is 0.442 e. The van der Waals surface area contributed by atoms with Crippen molar-refractivity contribution >= 4 is 46.6 Å². The number of carbonyl (C=O) groups excluding carboxylic acids is 1. The number of nitrogens with zero attached hydrogens (tertiary/aromatic N) is 4. The van der Waals surface area contributed by atoms with Crippen molar-refractivity contribution in [2.45, 2.75) is 24.5 Å². The number of amides is 1. The maximum absolute atomic E-state index is 12.2. The molecular weight excluding hydrogens is 442 g/mol. The van der Waals surface area contributed by atoms with Crippen molar-refractivity contribution in [1.29, 1.82) is 0 Å². The van der Waals surface area contributed by atoms with Crippen molar-refractivity contribution < 1.29 is 9.53 Å². The lowest BCUT2D eigenvalue weighted by molar-refractivity contribution is 0.143. The monoisotopic (exact) mass is 471 g/mol. The number of aromatic nitrogens is 1. The fourth-order valence-corrected chi connectivity index (χ4v) is 4.44. The maximum atomic E-state index is 12.2. The van der Waals surface area contributed by atoms with E-state index in [2.05, 4.69) is 50.6 Å². The van der Waals surface area contributed by atoms with Gasteiger partial charge in [-0.05, 0) is 43.0 Å². The Morgan fingerprint density at radius 1 is 1.19 bits per heavy atom. The first-order valence-corrected chi connectivity index (χ1v) is 12.4. The van der Waals surface area contributed by atoms with Gasteiger partial charge in [0.15, 0.2) is 0 Å². The molecule has 9 heteroatoms. The normalized spacial score (nSPS) is 19.2. The summed E-state index contributed by atoms with van der Waals surface area (Å²) < 4.78 is 5.42. The molecule has 32 heavy (non-hydrogen) atoms. The van der Waals surface area contributed by atoms with E-state index in [-0.39, 0.29) is 12.2 Å². The number of hydrogen-bond donors (Lipinski definition) is 1. The summed E-state index contributed by atoms with van der Waals surface area (Å²) in [5.74, 6) is 0.944. The molecule has 4 rings (SSSR count). The number of cyclic esters (lactones) is 1. The third-order valence-electron chi connectivity index (χ3n) is 5.76. The molecule has 0 saturated carbocycles. The molecule has 7 nitrogen and oxygen atoms in total. The fourth-order valence-electron chi connectivity index (χ4n) is 3.95. The van der Waals surface area contributed by atoms with Gasteiger partial charge in [-0.15, -0.1) is 11.8 Å². The summed E-state index contributed by atoms with van der Waals surface area (Å²) in [5, 5.41) is 3.06. The van der Waals surface area contributed by atoms with Crippen LogP contribution in [0.15, 0.2) is 47.5 Å². The average molecular weight is 472 g/mol. The van der Waals surface area contributed by atoms with E-state index in [1.165, 1.54) is 10.5 Å². The van der Waals surface area contributed by atoms with Crippen LogP contribution >= 0.6 is 24.0 Å². The SMILES string of the molecule is CSc1ccc(CN2CCN(c3ccc(N4C[C@H](CNC(C)=S)OC4=O)cn3)CC2)cc1. The zero-order valence-corrected chi connectivity index (χ0v) is 20.1. The van der Waals surface area contributed by atoms with Gasteiger partial charge in [0.1, 0.15) is 11.9 Å². The van der Waals surface area contributed by atoms with E-state index in [9.17, 15) is 4.79 Å². The molecule has 2 saturated heterocycles. The number of piperazine rings is 1. The highest BCUT2D eigenvalue weighted by atomic mass is 32.2. The number of carbonyl (C=O) groups is 1. The highest BCUT2D eigenvalue weighted by Crippen LogP contribution is 2.24. The molecule has 1 aromatic carbocycles. The number of thiocarbonyl (C=S) groups is 1. The van der Waals surface area contributed by atoms with Gasteiger partial charge in [-0.25, -0.2) is 9.78 Å². The molecule has 2 aromatic rings. The Balaban J connectivity index is 1.28. The topological polar surface area (TPSA) is 60.9 Å². The Bertz CT molecular complexity index is 930. The van der Waals surface area contributed by atoms with Gasteiger partial charge in [0, 0.05) is 37.6 Å². The van der Waals surface area contributed by atoms with Crippen molar-refractivity contribution in [3.05, 3.63) is 48.2 Å². The summed E-state index contributed by atoms with van der Waals surface area (Å²) in [6.45, 7) is 7.68. The second-order valence-corrected chi connectivity index (χ2v) is 9.53. The number of pyridine rings is 1. The lowest BCUT2D eigenvalue weighted by atomic mass is 10.2. The molecule has 2 aliphatic heterocycles. The van der Waals surface area contributed by atoms with E-state index in [4.69, 9.17) is 17.0 Å². The number of benzene rings is 1. The lowest BCUT2D eigenvalue weighted by Gasteiger charge is -2.35. The molecule has 0 spiro atoms. The van der Waals surface area contributed by atoms with Crippen LogP contribution in [0.2, 0.25) is 0 Å². The summed E-state index contributed by atoms with van der Waals surface area (Å²) in [6, 6.07) is 12.8. The number of thioether (sulfide) groups is 1.